The number of carbonyl (C=O) groups excluding carboxylic acids is 1. The second-order valence-corrected chi connectivity index (χ2v) is 2.77. The van der Waals surface area contributed by atoms with Gasteiger partial charge in [-0.3, -0.25) is 4.79 Å². The van der Waals surface area contributed by atoms with E-state index in [2.05, 4.69) is 10.2 Å². The Bertz CT molecular complexity index is 323. The van der Waals surface area contributed by atoms with Crippen LogP contribution in [0.5, 0.6) is 0 Å². The van der Waals surface area contributed by atoms with Crippen LogP contribution in [0.2, 0.25) is 0 Å². The maximum atomic E-state index is 11.0. The van der Waals surface area contributed by atoms with Crippen molar-refractivity contribution in [3.05, 3.63) is 23.0 Å². The van der Waals surface area contributed by atoms with Crippen molar-refractivity contribution < 1.29 is 4.79 Å². The Kier molecular flexibility index (Phi) is 2.95. The monoisotopic (exact) mass is 179 g/mol. The summed E-state index contributed by atoms with van der Waals surface area (Å²) in [6.45, 7) is 3.99. The molecule has 0 spiro atoms. The zero-order valence-electron chi connectivity index (χ0n) is 7.87. The number of aryl methyl sites for hydroxylation is 1. The van der Waals surface area contributed by atoms with E-state index in [1.807, 2.05) is 13.8 Å². The Morgan fingerprint density at radius 2 is 2.15 bits per heavy atom. The van der Waals surface area contributed by atoms with E-state index in [-0.39, 0.29) is 0 Å². The minimum atomic E-state index is -0.500. The van der Waals surface area contributed by atoms with E-state index in [1.54, 1.807) is 6.20 Å². The van der Waals surface area contributed by atoms with Gasteiger partial charge in [-0.1, -0.05) is 13.8 Å². The number of nitrogens with two attached hydrogens (primary N) is 1. The summed E-state index contributed by atoms with van der Waals surface area (Å²) in [5.41, 5.74) is 7.45. The van der Waals surface area contributed by atoms with Crippen LogP contribution in [0.15, 0.2) is 6.20 Å². The van der Waals surface area contributed by atoms with Crippen LogP contribution >= 0.6 is 0 Å². The van der Waals surface area contributed by atoms with Gasteiger partial charge in [0.2, 0.25) is 0 Å². The largest absolute Gasteiger partial charge is 0.364 e. The molecule has 0 aliphatic rings. The zero-order valence-corrected chi connectivity index (χ0v) is 7.87. The highest BCUT2D eigenvalue weighted by Crippen LogP contribution is 2.11. The number of primary amides is 1. The van der Waals surface area contributed by atoms with E-state index in [0.717, 1.165) is 24.0 Å². The van der Waals surface area contributed by atoms with Gasteiger partial charge in [-0.15, -0.1) is 5.10 Å². The summed E-state index contributed by atoms with van der Waals surface area (Å²) in [7, 11) is 0. The van der Waals surface area contributed by atoms with E-state index < -0.39 is 5.91 Å². The van der Waals surface area contributed by atoms with Crippen molar-refractivity contribution >= 4 is 5.91 Å². The van der Waals surface area contributed by atoms with Crippen LogP contribution in [0.1, 0.15) is 35.5 Å². The van der Waals surface area contributed by atoms with Crippen LogP contribution < -0.4 is 5.73 Å². The first-order valence-electron chi connectivity index (χ1n) is 4.33. The van der Waals surface area contributed by atoms with E-state index in [4.69, 9.17) is 5.73 Å². The van der Waals surface area contributed by atoms with Gasteiger partial charge in [-0.25, -0.2) is 0 Å². The molecule has 0 saturated heterocycles. The molecule has 1 aromatic heterocycles. The smallest absolute Gasteiger partial charge is 0.269 e. The highest BCUT2D eigenvalue weighted by molar-refractivity contribution is 5.92. The molecule has 70 valence electrons. The van der Waals surface area contributed by atoms with Gasteiger partial charge in [0.25, 0.3) is 5.91 Å². The SMILES string of the molecule is CCc1cnnc(C(N)=O)c1CC. The molecule has 4 heteroatoms. The Hall–Kier alpha value is -1.45. The van der Waals surface area contributed by atoms with Gasteiger partial charge in [0.1, 0.15) is 0 Å². The molecule has 0 fully saturated rings. The van der Waals surface area contributed by atoms with Gasteiger partial charge in [0, 0.05) is 0 Å². The average molecular weight is 179 g/mol. The molecule has 0 radical (unpaired) electrons. The predicted octanol–water partition coefficient (Wildman–Crippen LogP) is 0.700. The summed E-state index contributed by atoms with van der Waals surface area (Å²) >= 11 is 0. The quantitative estimate of drug-likeness (QED) is 0.742. The number of aromatic nitrogens is 2. The van der Waals surface area contributed by atoms with Crippen LogP contribution in [0.25, 0.3) is 0 Å². The van der Waals surface area contributed by atoms with Gasteiger partial charge in [-0.2, -0.15) is 5.10 Å². The lowest BCUT2D eigenvalue weighted by atomic mass is 10.0. The van der Waals surface area contributed by atoms with Crippen molar-refractivity contribution in [2.75, 3.05) is 0 Å². The van der Waals surface area contributed by atoms with Crippen LogP contribution in [0.3, 0.4) is 0 Å². The third kappa shape index (κ3) is 1.83. The summed E-state index contributed by atoms with van der Waals surface area (Å²) < 4.78 is 0. The van der Waals surface area contributed by atoms with Crippen molar-refractivity contribution in [2.24, 2.45) is 5.73 Å². The fraction of sp³-hybridized carbons (Fsp3) is 0.444. The van der Waals surface area contributed by atoms with E-state index in [1.165, 1.54) is 0 Å². The number of amides is 1. The Labute approximate surface area is 77.2 Å². The Balaban J connectivity index is 3.27. The van der Waals surface area contributed by atoms with Gasteiger partial charge in [0.15, 0.2) is 5.69 Å². The maximum Gasteiger partial charge on any atom is 0.269 e. The molecule has 0 atom stereocenters. The minimum absolute atomic E-state index is 0.307. The zero-order chi connectivity index (χ0) is 9.84. The van der Waals surface area contributed by atoms with Crippen LogP contribution in [-0.2, 0) is 12.8 Å². The molecule has 0 unspecified atom stereocenters. The van der Waals surface area contributed by atoms with Crippen molar-refractivity contribution in [1.82, 2.24) is 10.2 Å². The Morgan fingerprint density at radius 3 is 2.62 bits per heavy atom. The van der Waals surface area contributed by atoms with Crippen LogP contribution in [0, 0.1) is 0 Å². The first kappa shape index (κ1) is 9.64. The molecule has 2 N–H and O–H groups in total. The number of hydrogen-bond acceptors (Lipinski definition) is 3. The molecule has 1 amide bonds. The average Bonchev–Trinajstić information content (AvgIpc) is 2.16. The fourth-order valence-corrected chi connectivity index (χ4v) is 1.34. The van der Waals surface area contributed by atoms with Crippen molar-refractivity contribution in [3.8, 4) is 0 Å². The summed E-state index contributed by atoms with van der Waals surface area (Å²) in [6.07, 6.45) is 3.29. The third-order valence-electron chi connectivity index (χ3n) is 2.01. The molecule has 13 heavy (non-hydrogen) atoms. The van der Waals surface area contributed by atoms with Gasteiger partial charge >= 0.3 is 0 Å². The van der Waals surface area contributed by atoms with Crippen LogP contribution in [-0.4, -0.2) is 16.1 Å². The molecular weight excluding hydrogens is 166 g/mol. The summed E-state index contributed by atoms with van der Waals surface area (Å²) in [5.74, 6) is -0.500. The van der Waals surface area contributed by atoms with Gasteiger partial charge in [0.05, 0.1) is 6.20 Å². The highest BCUT2D eigenvalue weighted by atomic mass is 16.1. The van der Waals surface area contributed by atoms with Crippen molar-refractivity contribution in [2.45, 2.75) is 26.7 Å². The summed E-state index contributed by atoms with van der Waals surface area (Å²) in [4.78, 5) is 11.0. The molecule has 1 heterocycles. The van der Waals surface area contributed by atoms with E-state index in [0.29, 0.717) is 5.69 Å². The van der Waals surface area contributed by atoms with Crippen molar-refractivity contribution in [3.63, 3.8) is 0 Å². The summed E-state index contributed by atoms with van der Waals surface area (Å²) in [5, 5.41) is 7.47. The van der Waals surface area contributed by atoms with Gasteiger partial charge < -0.3 is 5.73 Å². The normalized spacial score (nSPS) is 10.0. The molecule has 1 rings (SSSR count). The molecule has 0 bridgehead atoms. The molecule has 0 aliphatic carbocycles. The predicted molar refractivity (Wildman–Crippen MR) is 49.3 cm³/mol. The minimum Gasteiger partial charge on any atom is -0.364 e. The molecule has 1 aromatic rings. The first-order valence-corrected chi connectivity index (χ1v) is 4.33. The first-order chi connectivity index (χ1) is 6.20. The lowest BCUT2D eigenvalue weighted by molar-refractivity contribution is 0.0993. The summed E-state index contributed by atoms with van der Waals surface area (Å²) in [6, 6.07) is 0. The lowest BCUT2D eigenvalue weighted by Gasteiger charge is -2.06. The second kappa shape index (κ2) is 3.98. The van der Waals surface area contributed by atoms with Crippen LogP contribution in [0.4, 0.5) is 0 Å². The molecule has 0 saturated carbocycles. The van der Waals surface area contributed by atoms with Crippen molar-refractivity contribution in [1.29, 1.82) is 0 Å². The molecule has 0 aromatic carbocycles. The molecule has 0 aliphatic heterocycles. The number of nitrogens with zero attached hydrogens (tertiary/aromatic N) is 2. The van der Waals surface area contributed by atoms with E-state index >= 15 is 0 Å². The highest BCUT2D eigenvalue weighted by Gasteiger charge is 2.11. The van der Waals surface area contributed by atoms with E-state index in [9.17, 15) is 4.79 Å². The standard InChI is InChI=1S/C9H13N3O/c1-3-6-5-11-12-8(9(10)13)7(6)4-2/h5H,3-4H2,1-2H3,(H2,10,13). The number of rotatable bonds is 3. The fourth-order valence-electron chi connectivity index (χ4n) is 1.34. The second-order valence-electron chi connectivity index (χ2n) is 2.77. The topological polar surface area (TPSA) is 68.9 Å². The maximum absolute atomic E-state index is 11.0. The lowest BCUT2D eigenvalue weighted by Crippen LogP contribution is -2.17. The molecular formula is C9H13N3O. The Morgan fingerprint density at radius 1 is 1.46 bits per heavy atom. The number of hydrogen-bond donors (Lipinski definition) is 1. The number of carbonyl (C=O) groups is 1. The third-order valence-corrected chi connectivity index (χ3v) is 2.01. The molecule has 4 nitrogen and oxygen atoms in total. The van der Waals surface area contributed by atoms with Gasteiger partial charge in [-0.05, 0) is 24.0 Å².